The summed E-state index contributed by atoms with van der Waals surface area (Å²) in [4.78, 5) is 0. The summed E-state index contributed by atoms with van der Waals surface area (Å²) in [6.45, 7) is 10.0. The summed E-state index contributed by atoms with van der Waals surface area (Å²) in [5.41, 5.74) is 0.306. The maximum Gasteiger partial charge on any atom is -0.0206 e. The molecule has 0 saturated carbocycles. The smallest absolute Gasteiger partial charge is 0.0206 e. The van der Waals surface area contributed by atoms with Crippen LogP contribution in [0.25, 0.3) is 0 Å². The van der Waals surface area contributed by atoms with E-state index in [0.717, 1.165) is 0 Å². The van der Waals surface area contributed by atoms with E-state index in [4.69, 9.17) is 0 Å². The molecule has 0 aliphatic carbocycles. The van der Waals surface area contributed by atoms with Crippen LogP contribution in [0.4, 0.5) is 0 Å². The molecular weight excluding hydrogens is 108 g/mol. The molecule has 0 aromatic heterocycles. The molecule has 44 valence electrons. The second-order valence-electron chi connectivity index (χ2n) is 2.57. The molecule has 0 aromatic rings. The average molecular weight is 121 g/mol. The molecule has 0 nitrogen and oxygen atoms in total. The summed E-state index contributed by atoms with van der Waals surface area (Å²) in [7, 11) is 0. The van der Waals surface area contributed by atoms with E-state index in [1.165, 1.54) is 0 Å². The second-order valence-corrected chi connectivity index (χ2v) is 2.57. The average Bonchev–Trinajstić information content (AvgIpc) is 1.35. The van der Waals surface area contributed by atoms with Crippen molar-refractivity contribution in [2.45, 2.75) is 20.8 Å². The highest BCUT2D eigenvalue weighted by molar-refractivity contribution is 5.85. The minimum Gasteiger partial charge on any atom is -0.147 e. The molecule has 0 saturated heterocycles. The number of halogens is 1. The van der Waals surface area contributed by atoms with Crippen LogP contribution in [0.15, 0.2) is 12.7 Å². The summed E-state index contributed by atoms with van der Waals surface area (Å²) in [6, 6.07) is 0. The maximum atomic E-state index is 3.63. The molecule has 0 atom stereocenters. The van der Waals surface area contributed by atoms with E-state index < -0.39 is 0 Å². The Balaban J connectivity index is 0. The maximum absolute atomic E-state index is 3.63. The van der Waals surface area contributed by atoms with Crippen molar-refractivity contribution in [3.8, 4) is 0 Å². The molecule has 0 aromatic carbocycles. The molecule has 0 bridgehead atoms. The van der Waals surface area contributed by atoms with Gasteiger partial charge in [0, 0.05) is 0 Å². The Hall–Kier alpha value is 0.0300. The van der Waals surface area contributed by atoms with Crippen LogP contribution in [0.5, 0.6) is 0 Å². The second kappa shape index (κ2) is 3.09. The summed E-state index contributed by atoms with van der Waals surface area (Å²) in [5, 5.41) is 0. The fourth-order valence-electron chi connectivity index (χ4n) is 0. The van der Waals surface area contributed by atoms with Gasteiger partial charge in [-0.15, -0.1) is 19.0 Å². The van der Waals surface area contributed by atoms with Gasteiger partial charge in [-0.05, 0) is 5.41 Å². The Morgan fingerprint density at radius 1 is 1.29 bits per heavy atom. The van der Waals surface area contributed by atoms with E-state index >= 15 is 0 Å². The van der Waals surface area contributed by atoms with Crippen LogP contribution >= 0.6 is 12.4 Å². The van der Waals surface area contributed by atoms with Crippen LogP contribution in [0.3, 0.4) is 0 Å². The molecule has 0 fully saturated rings. The van der Waals surface area contributed by atoms with Crippen molar-refractivity contribution in [3.05, 3.63) is 12.7 Å². The number of hydrogen-bond acceptors (Lipinski definition) is 0. The van der Waals surface area contributed by atoms with E-state index in [-0.39, 0.29) is 12.4 Å². The lowest BCUT2D eigenvalue weighted by atomic mass is 9.98. The highest BCUT2D eigenvalue weighted by atomic mass is 35.5. The molecule has 1 heteroatoms. The summed E-state index contributed by atoms with van der Waals surface area (Å²) < 4.78 is 0. The predicted octanol–water partition coefficient (Wildman–Crippen LogP) is 2.64. The third kappa shape index (κ3) is 10.7. The summed E-state index contributed by atoms with van der Waals surface area (Å²) >= 11 is 0. The van der Waals surface area contributed by atoms with Crippen molar-refractivity contribution >= 4 is 12.4 Å². The van der Waals surface area contributed by atoms with Crippen LogP contribution in [-0.4, -0.2) is 0 Å². The largest absolute Gasteiger partial charge is 0.147 e. The van der Waals surface area contributed by atoms with Gasteiger partial charge >= 0.3 is 0 Å². The zero-order valence-corrected chi connectivity index (χ0v) is 6.01. The molecular formula is C6H13Cl. The fourth-order valence-corrected chi connectivity index (χ4v) is 0. The van der Waals surface area contributed by atoms with Crippen LogP contribution in [0.1, 0.15) is 20.8 Å². The number of hydrogen-bond donors (Lipinski definition) is 0. The van der Waals surface area contributed by atoms with Gasteiger partial charge in [0.15, 0.2) is 0 Å². The topological polar surface area (TPSA) is 0 Å². The summed E-state index contributed by atoms with van der Waals surface area (Å²) in [5.74, 6) is 0. The highest BCUT2D eigenvalue weighted by Gasteiger charge is 1.99. The molecule has 0 amide bonds. The minimum atomic E-state index is 0. The van der Waals surface area contributed by atoms with E-state index in [9.17, 15) is 0 Å². The first kappa shape index (κ1) is 10.1. The molecule has 0 spiro atoms. The fraction of sp³-hybridized carbons (Fsp3) is 0.667. The van der Waals surface area contributed by atoms with Crippen molar-refractivity contribution in [2.24, 2.45) is 5.41 Å². The van der Waals surface area contributed by atoms with Gasteiger partial charge in [-0.3, -0.25) is 0 Å². The van der Waals surface area contributed by atoms with Gasteiger partial charge in [-0.2, -0.15) is 0 Å². The van der Waals surface area contributed by atoms with E-state index in [1.54, 1.807) is 0 Å². The minimum absolute atomic E-state index is 0. The van der Waals surface area contributed by atoms with Crippen LogP contribution < -0.4 is 0 Å². The molecule has 0 aliphatic heterocycles. The van der Waals surface area contributed by atoms with Crippen LogP contribution in [-0.2, 0) is 0 Å². The van der Waals surface area contributed by atoms with Crippen molar-refractivity contribution in [3.63, 3.8) is 0 Å². The zero-order valence-electron chi connectivity index (χ0n) is 5.19. The molecule has 0 unspecified atom stereocenters. The van der Waals surface area contributed by atoms with Crippen LogP contribution in [0.2, 0.25) is 0 Å². The van der Waals surface area contributed by atoms with Gasteiger partial charge in [-0.25, -0.2) is 0 Å². The van der Waals surface area contributed by atoms with E-state index in [2.05, 4.69) is 27.4 Å². The summed E-state index contributed by atoms with van der Waals surface area (Å²) in [6.07, 6.45) is 1.94. The lowest BCUT2D eigenvalue weighted by molar-refractivity contribution is 0.546. The third-order valence-corrected chi connectivity index (χ3v) is 0.612. The van der Waals surface area contributed by atoms with Gasteiger partial charge in [0.25, 0.3) is 0 Å². The first-order chi connectivity index (χ1) is 2.56. The molecule has 0 radical (unpaired) electrons. The van der Waals surface area contributed by atoms with E-state index in [1.807, 2.05) is 6.08 Å². The Labute approximate surface area is 52.0 Å². The molecule has 0 N–H and O–H groups in total. The standard InChI is InChI=1S/C6H12.ClH/c1-5-6(2,3)4;/h5H,1H2,2-4H3;1H. The van der Waals surface area contributed by atoms with Crippen molar-refractivity contribution in [2.75, 3.05) is 0 Å². The SMILES string of the molecule is C=CC(C)(C)C.Cl. The molecule has 0 heterocycles. The zero-order chi connectivity index (χ0) is 5.21. The molecule has 7 heavy (non-hydrogen) atoms. The van der Waals surface area contributed by atoms with Crippen LogP contribution in [0, 0.1) is 5.41 Å². The van der Waals surface area contributed by atoms with Crippen molar-refractivity contribution in [1.29, 1.82) is 0 Å². The lowest BCUT2D eigenvalue weighted by Gasteiger charge is -2.08. The molecule has 0 aliphatic rings. The van der Waals surface area contributed by atoms with Gasteiger partial charge < -0.3 is 0 Å². The van der Waals surface area contributed by atoms with Crippen molar-refractivity contribution in [1.82, 2.24) is 0 Å². The van der Waals surface area contributed by atoms with E-state index in [0.29, 0.717) is 5.41 Å². The first-order valence-corrected chi connectivity index (χ1v) is 2.20. The Kier molecular flexibility index (Phi) is 4.46. The quantitative estimate of drug-likeness (QED) is 0.431. The normalized spacial score (nSPS) is 9.57. The predicted molar refractivity (Wildman–Crippen MR) is 36.9 cm³/mol. The number of allylic oxidation sites excluding steroid dienone is 1. The first-order valence-electron chi connectivity index (χ1n) is 2.20. The Bertz CT molecular complexity index is 49.7. The number of rotatable bonds is 0. The molecule has 0 rings (SSSR count). The van der Waals surface area contributed by atoms with Gasteiger partial charge in [0.2, 0.25) is 0 Å². The lowest BCUT2D eigenvalue weighted by Crippen LogP contribution is -1.96. The van der Waals surface area contributed by atoms with Gasteiger partial charge in [0.05, 0.1) is 0 Å². The highest BCUT2D eigenvalue weighted by Crippen LogP contribution is 2.11. The Morgan fingerprint density at radius 2 is 1.43 bits per heavy atom. The van der Waals surface area contributed by atoms with Gasteiger partial charge in [-0.1, -0.05) is 26.8 Å². The monoisotopic (exact) mass is 120 g/mol. The third-order valence-electron chi connectivity index (χ3n) is 0.612. The van der Waals surface area contributed by atoms with Gasteiger partial charge in [0.1, 0.15) is 0 Å². The Morgan fingerprint density at radius 3 is 1.43 bits per heavy atom. The van der Waals surface area contributed by atoms with Crippen molar-refractivity contribution < 1.29 is 0 Å².